The minimum absolute atomic E-state index is 0.591. The Morgan fingerprint density at radius 2 is 2.25 bits per heavy atom. The van der Waals surface area contributed by atoms with E-state index in [1.54, 1.807) is 19.1 Å². The lowest BCUT2D eigenvalue weighted by atomic mass is 10.2. The van der Waals surface area contributed by atoms with Gasteiger partial charge >= 0.3 is 0 Å². The van der Waals surface area contributed by atoms with Crippen molar-refractivity contribution in [3.63, 3.8) is 0 Å². The molecule has 0 aromatic heterocycles. The van der Waals surface area contributed by atoms with Crippen molar-refractivity contribution >= 4 is 5.69 Å². The van der Waals surface area contributed by atoms with Crippen LogP contribution in [0.4, 0.5) is 5.69 Å². The van der Waals surface area contributed by atoms with Crippen LogP contribution in [0.25, 0.3) is 0 Å². The smallest absolute Gasteiger partial charge is 0.112 e. The standard InChI is InChI=1S/C10H11NO/c1-8(12)5-6-9-3-2-4-10(11)7-9/h2-4,7-8,12H,11H2,1H3/t8-/m0/s1. The Bertz CT molecular complexity index is 320. The van der Waals surface area contributed by atoms with Gasteiger partial charge in [0, 0.05) is 11.3 Å². The van der Waals surface area contributed by atoms with Gasteiger partial charge in [0.25, 0.3) is 0 Å². The van der Waals surface area contributed by atoms with Crippen LogP contribution in [-0.2, 0) is 0 Å². The first-order valence-electron chi connectivity index (χ1n) is 3.73. The number of hydrogen-bond donors (Lipinski definition) is 2. The summed E-state index contributed by atoms with van der Waals surface area (Å²) >= 11 is 0. The van der Waals surface area contributed by atoms with Gasteiger partial charge in [-0.3, -0.25) is 0 Å². The van der Waals surface area contributed by atoms with E-state index in [-0.39, 0.29) is 0 Å². The Morgan fingerprint density at radius 3 is 2.83 bits per heavy atom. The van der Waals surface area contributed by atoms with Crippen molar-refractivity contribution in [3.8, 4) is 11.8 Å². The van der Waals surface area contributed by atoms with E-state index in [0.717, 1.165) is 5.56 Å². The first kappa shape index (κ1) is 8.63. The van der Waals surface area contributed by atoms with Crippen molar-refractivity contribution in [3.05, 3.63) is 29.8 Å². The van der Waals surface area contributed by atoms with E-state index < -0.39 is 6.10 Å². The summed E-state index contributed by atoms with van der Waals surface area (Å²) in [6, 6.07) is 7.26. The number of nitrogen functional groups attached to an aromatic ring is 1. The molecule has 0 aliphatic carbocycles. The molecule has 1 atom stereocenters. The van der Waals surface area contributed by atoms with Crippen molar-refractivity contribution in [1.29, 1.82) is 0 Å². The topological polar surface area (TPSA) is 46.2 Å². The SMILES string of the molecule is C[C@H](O)C#Cc1cccc(N)c1. The Kier molecular flexibility index (Phi) is 2.73. The Balaban J connectivity index is 2.85. The number of aliphatic hydroxyl groups excluding tert-OH is 1. The van der Waals surface area contributed by atoms with Crippen molar-refractivity contribution in [2.45, 2.75) is 13.0 Å². The van der Waals surface area contributed by atoms with Crippen molar-refractivity contribution < 1.29 is 5.11 Å². The second-order valence-electron chi connectivity index (χ2n) is 2.57. The summed E-state index contributed by atoms with van der Waals surface area (Å²) in [4.78, 5) is 0. The largest absolute Gasteiger partial charge is 0.399 e. The average molecular weight is 161 g/mol. The van der Waals surface area contributed by atoms with Crippen LogP contribution in [0.3, 0.4) is 0 Å². The number of anilines is 1. The molecule has 12 heavy (non-hydrogen) atoms. The molecular weight excluding hydrogens is 150 g/mol. The highest BCUT2D eigenvalue weighted by Crippen LogP contribution is 2.04. The molecule has 0 heterocycles. The van der Waals surface area contributed by atoms with E-state index in [0.29, 0.717) is 5.69 Å². The van der Waals surface area contributed by atoms with Crippen LogP contribution >= 0.6 is 0 Å². The maximum atomic E-state index is 8.88. The lowest BCUT2D eigenvalue weighted by Gasteiger charge is -1.93. The molecule has 2 nitrogen and oxygen atoms in total. The number of nitrogens with two attached hydrogens (primary N) is 1. The molecule has 0 saturated heterocycles. The highest BCUT2D eigenvalue weighted by Gasteiger charge is 1.88. The number of aliphatic hydroxyl groups is 1. The summed E-state index contributed by atoms with van der Waals surface area (Å²) in [6.07, 6.45) is -0.591. The van der Waals surface area contributed by atoms with Crippen LogP contribution in [0.15, 0.2) is 24.3 Å². The predicted octanol–water partition coefficient (Wildman–Crippen LogP) is 1.00. The fourth-order valence-electron chi connectivity index (χ4n) is 0.804. The molecule has 0 bridgehead atoms. The molecule has 0 radical (unpaired) electrons. The van der Waals surface area contributed by atoms with Crippen molar-refractivity contribution in [1.82, 2.24) is 0 Å². The Hall–Kier alpha value is -1.46. The third kappa shape index (κ3) is 2.65. The minimum atomic E-state index is -0.591. The molecule has 0 amide bonds. The summed E-state index contributed by atoms with van der Waals surface area (Å²) in [7, 11) is 0. The van der Waals surface area contributed by atoms with Gasteiger partial charge in [0.15, 0.2) is 0 Å². The summed E-state index contributed by atoms with van der Waals surface area (Å²) in [5.74, 6) is 5.44. The second-order valence-corrected chi connectivity index (χ2v) is 2.57. The zero-order chi connectivity index (χ0) is 8.97. The normalized spacial score (nSPS) is 11.5. The molecule has 0 saturated carbocycles. The zero-order valence-corrected chi connectivity index (χ0v) is 6.91. The summed E-state index contributed by atoms with van der Waals surface area (Å²) in [5, 5.41) is 8.88. The number of hydrogen-bond acceptors (Lipinski definition) is 2. The van der Waals surface area contributed by atoms with Gasteiger partial charge in [-0.05, 0) is 25.1 Å². The molecule has 0 aliphatic rings. The summed E-state index contributed by atoms with van der Waals surface area (Å²) in [6.45, 7) is 1.62. The van der Waals surface area contributed by atoms with Crippen molar-refractivity contribution in [2.24, 2.45) is 0 Å². The first-order chi connectivity index (χ1) is 5.68. The quantitative estimate of drug-likeness (QED) is 0.440. The maximum absolute atomic E-state index is 8.88. The van der Waals surface area contributed by atoms with E-state index in [4.69, 9.17) is 10.8 Å². The van der Waals surface area contributed by atoms with E-state index in [1.807, 2.05) is 12.1 Å². The average Bonchev–Trinajstić information content (AvgIpc) is 2.01. The first-order valence-corrected chi connectivity index (χ1v) is 3.73. The highest BCUT2D eigenvalue weighted by atomic mass is 16.3. The zero-order valence-electron chi connectivity index (χ0n) is 6.91. The molecule has 3 N–H and O–H groups in total. The maximum Gasteiger partial charge on any atom is 0.112 e. The molecular formula is C10H11NO. The third-order valence-electron chi connectivity index (χ3n) is 1.31. The van der Waals surface area contributed by atoms with Gasteiger partial charge in [0.2, 0.25) is 0 Å². The van der Waals surface area contributed by atoms with E-state index in [1.165, 1.54) is 0 Å². The molecule has 62 valence electrons. The molecule has 1 aromatic carbocycles. The lowest BCUT2D eigenvalue weighted by molar-refractivity contribution is 0.253. The van der Waals surface area contributed by atoms with Crippen molar-refractivity contribution in [2.75, 3.05) is 5.73 Å². The van der Waals surface area contributed by atoms with Crippen LogP contribution in [0.5, 0.6) is 0 Å². The van der Waals surface area contributed by atoms with Crippen LogP contribution < -0.4 is 5.73 Å². The monoisotopic (exact) mass is 161 g/mol. The van der Waals surface area contributed by atoms with E-state index in [9.17, 15) is 0 Å². The second kappa shape index (κ2) is 3.80. The minimum Gasteiger partial charge on any atom is -0.399 e. The Labute approximate surface area is 72.0 Å². The Morgan fingerprint density at radius 1 is 1.50 bits per heavy atom. The third-order valence-corrected chi connectivity index (χ3v) is 1.31. The number of rotatable bonds is 0. The van der Waals surface area contributed by atoms with E-state index >= 15 is 0 Å². The fourth-order valence-corrected chi connectivity index (χ4v) is 0.804. The van der Waals surface area contributed by atoms with Crippen LogP contribution in [-0.4, -0.2) is 11.2 Å². The van der Waals surface area contributed by atoms with Gasteiger partial charge in [-0.15, -0.1) is 0 Å². The van der Waals surface area contributed by atoms with Gasteiger partial charge in [-0.2, -0.15) is 0 Å². The van der Waals surface area contributed by atoms with Crippen LogP contribution in [0, 0.1) is 11.8 Å². The summed E-state index contributed by atoms with van der Waals surface area (Å²) < 4.78 is 0. The predicted molar refractivity (Wildman–Crippen MR) is 49.4 cm³/mol. The van der Waals surface area contributed by atoms with Gasteiger partial charge in [-0.1, -0.05) is 17.9 Å². The van der Waals surface area contributed by atoms with Gasteiger partial charge in [0.1, 0.15) is 6.10 Å². The molecule has 0 fully saturated rings. The molecule has 0 spiro atoms. The molecule has 0 unspecified atom stereocenters. The van der Waals surface area contributed by atoms with Crippen LogP contribution in [0.1, 0.15) is 12.5 Å². The van der Waals surface area contributed by atoms with E-state index in [2.05, 4.69) is 11.8 Å². The van der Waals surface area contributed by atoms with Gasteiger partial charge in [-0.25, -0.2) is 0 Å². The number of benzene rings is 1. The lowest BCUT2D eigenvalue weighted by Crippen LogP contribution is -1.93. The molecule has 1 aromatic rings. The fraction of sp³-hybridized carbons (Fsp3) is 0.200. The highest BCUT2D eigenvalue weighted by molar-refractivity contribution is 5.47. The molecule has 2 heteroatoms. The van der Waals surface area contributed by atoms with Gasteiger partial charge < -0.3 is 10.8 Å². The van der Waals surface area contributed by atoms with Crippen LogP contribution in [0.2, 0.25) is 0 Å². The summed E-state index contributed by atoms with van der Waals surface area (Å²) in [5.41, 5.74) is 7.05. The molecule has 1 rings (SSSR count). The molecule has 0 aliphatic heterocycles. The van der Waals surface area contributed by atoms with Gasteiger partial charge in [0.05, 0.1) is 0 Å².